The Labute approximate surface area is 72.9 Å². The molecule has 3 rings (SSSR count). The first-order valence-corrected chi connectivity index (χ1v) is 5.12. The highest BCUT2D eigenvalue weighted by Gasteiger charge is 2.72. The molecule has 0 aromatic heterocycles. The normalized spacial score (nSPS) is 56.2. The summed E-state index contributed by atoms with van der Waals surface area (Å²) in [7, 11) is 0. The molecule has 68 valence electrons. The molecule has 0 aromatic rings. The number of rotatable bonds is 1. The van der Waals surface area contributed by atoms with Gasteiger partial charge in [0, 0.05) is 5.41 Å². The molecule has 0 unspecified atom stereocenters. The minimum absolute atomic E-state index is 0.153. The Kier molecular flexibility index (Phi) is 1.25. The van der Waals surface area contributed by atoms with E-state index in [1.54, 1.807) is 0 Å². The van der Waals surface area contributed by atoms with Crippen molar-refractivity contribution in [2.45, 2.75) is 50.2 Å². The van der Waals surface area contributed by atoms with E-state index < -0.39 is 0 Å². The Morgan fingerprint density at radius 1 is 1.25 bits per heavy atom. The van der Waals surface area contributed by atoms with E-state index in [0.29, 0.717) is 12.7 Å². The third kappa shape index (κ3) is 0.612. The van der Waals surface area contributed by atoms with Crippen molar-refractivity contribution in [2.24, 2.45) is 5.41 Å². The van der Waals surface area contributed by atoms with Crippen LogP contribution in [0.15, 0.2) is 0 Å². The highest BCUT2D eigenvalue weighted by Crippen LogP contribution is 2.66. The van der Waals surface area contributed by atoms with Gasteiger partial charge in [0.25, 0.3) is 0 Å². The van der Waals surface area contributed by atoms with E-state index in [1.165, 1.54) is 38.5 Å². The van der Waals surface area contributed by atoms with Crippen molar-refractivity contribution in [1.82, 2.24) is 0 Å². The first-order valence-electron chi connectivity index (χ1n) is 5.12. The van der Waals surface area contributed by atoms with Gasteiger partial charge in [-0.2, -0.15) is 0 Å². The average Bonchev–Trinajstić information content (AvgIpc) is 2.73. The smallest absolute Gasteiger partial charge is 0.103 e. The van der Waals surface area contributed by atoms with Crippen LogP contribution in [0.2, 0.25) is 0 Å². The summed E-state index contributed by atoms with van der Waals surface area (Å²) >= 11 is 0. The number of ether oxygens (including phenoxy) is 1. The molecule has 2 saturated carbocycles. The third-order valence-corrected chi connectivity index (χ3v) is 4.35. The third-order valence-electron chi connectivity index (χ3n) is 4.35. The predicted octanol–water partition coefficient (Wildman–Crippen LogP) is 1.47. The topological polar surface area (TPSA) is 32.8 Å². The van der Waals surface area contributed by atoms with E-state index in [0.717, 1.165) is 0 Å². The maximum atomic E-state index is 9.46. The molecule has 1 saturated heterocycles. The van der Waals surface area contributed by atoms with Crippen LogP contribution >= 0.6 is 0 Å². The van der Waals surface area contributed by atoms with Crippen LogP contribution in [-0.4, -0.2) is 23.4 Å². The molecule has 2 aliphatic carbocycles. The lowest BCUT2D eigenvalue weighted by molar-refractivity contribution is -0.00741. The molecule has 3 aliphatic rings. The molecule has 0 radical (unpaired) electrons. The van der Waals surface area contributed by atoms with Crippen LogP contribution in [0.1, 0.15) is 38.5 Å². The maximum absolute atomic E-state index is 9.46. The van der Waals surface area contributed by atoms with Crippen molar-refractivity contribution < 1.29 is 9.84 Å². The van der Waals surface area contributed by atoms with E-state index in [-0.39, 0.29) is 11.0 Å². The van der Waals surface area contributed by atoms with E-state index in [4.69, 9.17) is 4.74 Å². The summed E-state index contributed by atoms with van der Waals surface area (Å²) in [6, 6.07) is 0. The molecular weight excluding hydrogens is 152 g/mol. The molecule has 3 fully saturated rings. The molecule has 2 nitrogen and oxygen atoms in total. The number of epoxide rings is 1. The zero-order valence-corrected chi connectivity index (χ0v) is 7.38. The van der Waals surface area contributed by atoms with Crippen LogP contribution in [-0.2, 0) is 4.74 Å². The van der Waals surface area contributed by atoms with Crippen LogP contribution in [0.25, 0.3) is 0 Å². The van der Waals surface area contributed by atoms with Crippen molar-refractivity contribution in [2.75, 3.05) is 6.61 Å². The summed E-state index contributed by atoms with van der Waals surface area (Å²) in [6.07, 6.45) is 7.91. The Balaban J connectivity index is 1.96. The summed E-state index contributed by atoms with van der Waals surface area (Å²) in [4.78, 5) is 0. The Morgan fingerprint density at radius 3 is 2.75 bits per heavy atom. The molecule has 12 heavy (non-hydrogen) atoms. The SMILES string of the molecule is OC[C@]12CCCC[C@]13O[C@@H]3CC2. The van der Waals surface area contributed by atoms with Crippen LogP contribution in [0.3, 0.4) is 0 Å². The van der Waals surface area contributed by atoms with Gasteiger partial charge in [-0.3, -0.25) is 0 Å². The van der Waals surface area contributed by atoms with Crippen LogP contribution in [0.5, 0.6) is 0 Å². The standard InChI is InChI=1S/C10H16O2/c11-7-9-4-1-2-5-10(9)8(12-10)3-6-9/h8,11H,1-7H2/t8-,9-,10-/m1/s1. The second-order valence-corrected chi connectivity index (χ2v) is 4.68. The van der Waals surface area contributed by atoms with Crippen molar-refractivity contribution >= 4 is 0 Å². The number of hydrogen-bond donors (Lipinski definition) is 1. The Bertz CT molecular complexity index is 216. The van der Waals surface area contributed by atoms with Crippen molar-refractivity contribution in [3.8, 4) is 0 Å². The quantitative estimate of drug-likeness (QED) is 0.601. The summed E-state index contributed by atoms with van der Waals surface area (Å²) in [5.41, 5.74) is 0.329. The highest BCUT2D eigenvalue weighted by atomic mass is 16.6. The predicted molar refractivity (Wildman–Crippen MR) is 44.8 cm³/mol. The van der Waals surface area contributed by atoms with E-state index >= 15 is 0 Å². The van der Waals surface area contributed by atoms with Gasteiger partial charge in [-0.25, -0.2) is 0 Å². The molecule has 0 amide bonds. The van der Waals surface area contributed by atoms with Crippen LogP contribution in [0.4, 0.5) is 0 Å². The zero-order valence-electron chi connectivity index (χ0n) is 7.38. The molecule has 3 atom stereocenters. The largest absolute Gasteiger partial charge is 0.396 e. The lowest BCUT2D eigenvalue weighted by Crippen LogP contribution is -2.42. The van der Waals surface area contributed by atoms with Crippen molar-refractivity contribution in [3.05, 3.63) is 0 Å². The number of aliphatic hydroxyl groups is 1. The van der Waals surface area contributed by atoms with Gasteiger partial charge in [0.2, 0.25) is 0 Å². The van der Waals surface area contributed by atoms with E-state index in [9.17, 15) is 5.11 Å². The molecule has 2 heteroatoms. The Morgan fingerprint density at radius 2 is 2.08 bits per heavy atom. The van der Waals surface area contributed by atoms with Gasteiger partial charge in [0.15, 0.2) is 0 Å². The van der Waals surface area contributed by atoms with Crippen molar-refractivity contribution in [1.29, 1.82) is 0 Å². The van der Waals surface area contributed by atoms with E-state index in [2.05, 4.69) is 0 Å². The monoisotopic (exact) mass is 168 g/mol. The molecule has 1 heterocycles. The molecule has 1 spiro atoms. The fourth-order valence-corrected chi connectivity index (χ4v) is 3.56. The first-order chi connectivity index (χ1) is 5.83. The minimum atomic E-state index is 0.153. The zero-order chi connectivity index (χ0) is 8.23. The van der Waals surface area contributed by atoms with Gasteiger partial charge < -0.3 is 9.84 Å². The van der Waals surface area contributed by atoms with E-state index in [1.807, 2.05) is 0 Å². The second-order valence-electron chi connectivity index (χ2n) is 4.68. The van der Waals surface area contributed by atoms with Gasteiger partial charge in [-0.1, -0.05) is 12.8 Å². The fourth-order valence-electron chi connectivity index (χ4n) is 3.56. The molecule has 0 bridgehead atoms. The lowest BCUT2D eigenvalue weighted by atomic mass is 9.67. The Hall–Kier alpha value is -0.0800. The van der Waals surface area contributed by atoms with Gasteiger partial charge >= 0.3 is 0 Å². The first kappa shape index (κ1) is 7.34. The fraction of sp³-hybridized carbons (Fsp3) is 1.00. The number of hydrogen-bond acceptors (Lipinski definition) is 2. The van der Waals surface area contributed by atoms with Crippen molar-refractivity contribution in [3.63, 3.8) is 0 Å². The summed E-state index contributed by atoms with van der Waals surface area (Å²) in [5, 5.41) is 9.46. The van der Waals surface area contributed by atoms with Crippen LogP contribution < -0.4 is 0 Å². The molecule has 1 N–H and O–H groups in total. The highest BCUT2D eigenvalue weighted by molar-refractivity contribution is 5.20. The molecular formula is C10H16O2. The minimum Gasteiger partial charge on any atom is -0.396 e. The summed E-state index contributed by atoms with van der Waals surface area (Å²) in [6.45, 7) is 0.351. The average molecular weight is 168 g/mol. The van der Waals surface area contributed by atoms with Gasteiger partial charge in [0.1, 0.15) is 5.60 Å². The van der Waals surface area contributed by atoms with Gasteiger partial charge in [0.05, 0.1) is 12.7 Å². The summed E-state index contributed by atoms with van der Waals surface area (Å²) in [5.74, 6) is 0. The molecule has 0 aromatic carbocycles. The maximum Gasteiger partial charge on any atom is 0.103 e. The van der Waals surface area contributed by atoms with Gasteiger partial charge in [-0.15, -0.1) is 0 Å². The second kappa shape index (κ2) is 2.05. The lowest BCUT2D eigenvalue weighted by Gasteiger charge is -2.38. The summed E-state index contributed by atoms with van der Waals surface area (Å²) < 4.78 is 5.78. The van der Waals surface area contributed by atoms with Crippen LogP contribution in [0, 0.1) is 5.41 Å². The molecule has 1 aliphatic heterocycles. The number of aliphatic hydroxyl groups excluding tert-OH is 1. The van der Waals surface area contributed by atoms with Gasteiger partial charge in [-0.05, 0) is 25.7 Å².